The summed E-state index contributed by atoms with van der Waals surface area (Å²) in [5.41, 5.74) is 0.860. The van der Waals surface area contributed by atoms with Crippen molar-refractivity contribution in [3.05, 3.63) is 29.8 Å². The lowest BCUT2D eigenvalue weighted by molar-refractivity contribution is 0.367. The molecule has 0 bridgehead atoms. The van der Waals surface area contributed by atoms with Crippen LogP contribution in [0.1, 0.15) is 31.4 Å². The van der Waals surface area contributed by atoms with E-state index in [-0.39, 0.29) is 11.8 Å². The number of ether oxygens (including phenoxy) is 1. The fourth-order valence-corrected chi connectivity index (χ4v) is 3.61. The van der Waals surface area contributed by atoms with Crippen LogP contribution in [-0.2, 0) is 10.0 Å². The van der Waals surface area contributed by atoms with Crippen molar-refractivity contribution in [2.75, 3.05) is 25.8 Å². The van der Waals surface area contributed by atoms with Gasteiger partial charge >= 0.3 is 0 Å². The van der Waals surface area contributed by atoms with Crippen LogP contribution in [0.4, 0.5) is 0 Å². The van der Waals surface area contributed by atoms with Gasteiger partial charge in [0.2, 0.25) is 10.0 Å². The van der Waals surface area contributed by atoms with E-state index < -0.39 is 10.0 Å². The predicted molar refractivity (Wildman–Crippen MR) is 82.9 cm³/mol. The van der Waals surface area contributed by atoms with Gasteiger partial charge in [-0.1, -0.05) is 18.2 Å². The number of sulfonamides is 1. The second-order valence-corrected chi connectivity index (χ2v) is 7.17. The number of benzene rings is 1. The van der Waals surface area contributed by atoms with Crippen molar-refractivity contribution in [2.24, 2.45) is 0 Å². The molecule has 1 atom stereocenters. The Balaban J connectivity index is 2.87. The van der Waals surface area contributed by atoms with E-state index in [4.69, 9.17) is 16.3 Å². The van der Waals surface area contributed by atoms with E-state index in [1.807, 2.05) is 31.2 Å². The normalized spacial score (nSPS) is 13.4. The highest BCUT2D eigenvalue weighted by atomic mass is 35.5. The fraction of sp³-hybridized carbons (Fsp3) is 0.571. The molecule has 1 unspecified atom stereocenters. The number of alkyl halides is 1. The van der Waals surface area contributed by atoms with Gasteiger partial charge in [-0.25, -0.2) is 8.42 Å². The van der Waals surface area contributed by atoms with Crippen LogP contribution in [0.5, 0.6) is 5.75 Å². The van der Waals surface area contributed by atoms with Gasteiger partial charge in [-0.2, -0.15) is 4.31 Å². The van der Waals surface area contributed by atoms with Crippen molar-refractivity contribution in [1.82, 2.24) is 4.31 Å². The highest BCUT2D eigenvalue weighted by molar-refractivity contribution is 7.89. The van der Waals surface area contributed by atoms with Crippen LogP contribution in [0.2, 0.25) is 0 Å². The van der Waals surface area contributed by atoms with Crippen molar-refractivity contribution in [3.63, 3.8) is 0 Å². The van der Waals surface area contributed by atoms with Gasteiger partial charge in [0.1, 0.15) is 5.75 Å². The van der Waals surface area contributed by atoms with Gasteiger partial charge in [0.25, 0.3) is 0 Å². The third kappa shape index (κ3) is 4.36. The van der Waals surface area contributed by atoms with Crippen LogP contribution in [-0.4, -0.2) is 38.5 Å². The zero-order chi connectivity index (χ0) is 15.2. The number of halogens is 1. The molecular weight excluding hydrogens is 298 g/mol. The first kappa shape index (κ1) is 17.3. The van der Waals surface area contributed by atoms with Crippen molar-refractivity contribution in [1.29, 1.82) is 0 Å². The maximum atomic E-state index is 12.3. The van der Waals surface area contributed by atoms with Gasteiger partial charge in [0.05, 0.1) is 18.9 Å². The number of nitrogens with zero attached hydrogens (tertiary/aromatic N) is 1. The summed E-state index contributed by atoms with van der Waals surface area (Å²) >= 11 is 5.58. The van der Waals surface area contributed by atoms with Crippen LogP contribution in [0.15, 0.2) is 24.3 Å². The summed E-state index contributed by atoms with van der Waals surface area (Å²) in [6.07, 6.45) is 1.28. The lowest BCUT2D eigenvalue weighted by Crippen LogP contribution is -2.32. The van der Waals surface area contributed by atoms with E-state index >= 15 is 0 Å². The molecule has 1 aromatic carbocycles. The summed E-state index contributed by atoms with van der Waals surface area (Å²) < 4.78 is 31.2. The summed E-state index contributed by atoms with van der Waals surface area (Å²) in [7, 11) is -0.0976. The number of unbranched alkanes of at least 4 members (excludes halogenated alkanes) is 1. The largest absolute Gasteiger partial charge is 0.496 e. The fourth-order valence-electron chi connectivity index (χ4n) is 1.97. The van der Waals surface area contributed by atoms with Crippen LogP contribution < -0.4 is 4.74 Å². The second kappa shape index (κ2) is 7.86. The SMILES string of the molecule is COc1ccccc1C(C)N(C)S(=O)(=O)CCCCCl. The van der Waals surface area contributed by atoms with E-state index in [1.54, 1.807) is 14.2 Å². The molecular formula is C14H22ClNO3S. The van der Waals surface area contributed by atoms with E-state index in [0.29, 0.717) is 24.5 Å². The van der Waals surface area contributed by atoms with Crippen LogP contribution in [0.3, 0.4) is 0 Å². The van der Waals surface area contributed by atoms with E-state index in [1.165, 1.54) is 4.31 Å². The van der Waals surface area contributed by atoms with Gasteiger partial charge < -0.3 is 4.74 Å². The van der Waals surface area contributed by atoms with Crippen LogP contribution in [0.25, 0.3) is 0 Å². The lowest BCUT2D eigenvalue weighted by Gasteiger charge is -2.25. The Morgan fingerprint density at radius 2 is 1.95 bits per heavy atom. The molecule has 0 heterocycles. The molecule has 4 nitrogen and oxygen atoms in total. The maximum absolute atomic E-state index is 12.3. The molecule has 0 radical (unpaired) electrons. The Hall–Kier alpha value is -0.780. The highest BCUT2D eigenvalue weighted by Gasteiger charge is 2.25. The first-order valence-electron chi connectivity index (χ1n) is 6.58. The molecule has 0 aliphatic carbocycles. The molecule has 20 heavy (non-hydrogen) atoms. The molecule has 0 aliphatic rings. The number of hydrogen-bond donors (Lipinski definition) is 0. The smallest absolute Gasteiger partial charge is 0.214 e. The van der Waals surface area contributed by atoms with Gasteiger partial charge in [0.15, 0.2) is 0 Å². The third-order valence-electron chi connectivity index (χ3n) is 3.36. The number of rotatable bonds is 8. The van der Waals surface area contributed by atoms with E-state index in [9.17, 15) is 8.42 Å². The summed E-state index contributed by atoms with van der Waals surface area (Å²) in [6, 6.07) is 7.19. The van der Waals surface area contributed by atoms with Crippen molar-refractivity contribution < 1.29 is 13.2 Å². The molecule has 0 amide bonds. The monoisotopic (exact) mass is 319 g/mol. The standard InChI is InChI=1S/C14H22ClNO3S/c1-12(13-8-4-5-9-14(13)19-3)16(2)20(17,18)11-7-6-10-15/h4-5,8-9,12H,6-7,10-11H2,1-3H3. The average molecular weight is 320 g/mol. The van der Waals surface area contributed by atoms with Gasteiger partial charge in [-0.15, -0.1) is 11.6 Å². The Morgan fingerprint density at radius 1 is 1.30 bits per heavy atom. The summed E-state index contributed by atoms with van der Waals surface area (Å²) in [5, 5.41) is 0. The minimum Gasteiger partial charge on any atom is -0.496 e. The van der Waals surface area contributed by atoms with Crippen LogP contribution in [0, 0.1) is 0 Å². The second-order valence-electron chi connectivity index (χ2n) is 4.65. The number of hydrogen-bond acceptors (Lipinski definition) is 3. The van der Waals surface area contributed by atoms with Gasteiger partial charge in [0, 0.05) is 18.5 Å². The van der Waals surface area contributed by atoms with E-state index in [2.05, 4.69) is 0 Å². The van der Waals surface area contributed by atoms with Gasteiger partial charge in [-0.05, 0) is 25.8 Å². The highest BCUT2D eigenvalue weighted by Crippen LogP contribution is 2.29. The molecule has 0 saturated carbocycles. The third-order valence-corrected chi connectivity index (χ3v) is 5.62. The van der Waals surface area contributed by atoms with Crippen molar-refractivity contribution in [3.8, 4) is 5.75 Å². The summed E-state index contributed by atoms with van der Waals surface area (Å²) in [4.78, 5) is 0. The van der Waals surface area contributed by atoms with Gasteiger partial charge in [-0.3, -0.25) is 0 Å². The predicted octanol–water partition coefficient (Wildman–Crippen LogP) is 3.04. The Kier molecular flexibility index (Phi) is 6.79. The first-order valence-corrected chi connectivity index (χ1v) is 8.73. The van der Waals surface area contributed by atoms with Crippen molar-refractivity contribution >= 4 is 21.6 Å². The number of methoxy groups -OCH3 is 1. The molecule has 0 N–H and O–H groups in total. The number of para-hydroxylation sites is 1. The molecule has 1 aromatic rings. The Labute approximate surface area is 126 Å². The molecule has 1 rings (SSSR count). The minimum absolute atomic E-state index is 0.121. The van der Waals surface area contributed by atoms with Crippen molar-refractivity contribution in [2.45, 2.75) is 25.8 Å². The molecule has 0 saturated heterocycles. The lowest BCUT2D eigenvalue weighted by atomic mass is 10.1. The first-order chi connectivity index (χ1) is 9.44. The molecule has 6 heteroatoms. The zero-order valence-corrected chi connectivity index (χ0v) is 13.7. The minimum atomic E-state index is -3.29. The molecule has 0 fully saturated rings. The Morgan fingerprint density at radius 3 is 2.55 bits per heavy atom. The van der Waals surface area contributed by atoms with Crippen LogP contribution >= 0.6 is 11.6 Å². The molecule has 114 valence electrons. The topological polar surface area (TPSA) is 46.6 Å². The molecule has 0 aliphatic heterocycles. The van der Waals surface area contributed by atoms with E-state index in [0.717, 1.165) is 5.56 Å². The zero-order valence-electron chi connectivity index (χ0n) is 12.2. The Bertz CT molecular complexity index is 519. The molecule has 0 aromatic heterocycles. The summed E-state index contributed by atoms with van der Waals surface area (Å²) in [5.74, 6) is 1.31. The average Bonchev–Trinajstić information content (AvgIpc) is 2.45. The molecule has 0 spiro atoms. The maximum Gasteiger partial charge on any atom is 0.214 e. The summed E-state index contributed by atoms with van der Waals surface area (Å²) in [6.45, 7) is 1.86. The quantitative estimate of drug-likeness (QED) is 0.546.